The normalized spacial score (nSPS) is 16.5. The molecule has 2 rings (SSSR count). The zero-order chi connectivity index (χ0) is 9.97. The maximum absolute atomic E-state index is 13.0. The van der Waals surface area contributed by atoms with Gasteiger partial charge in [-0.2, -0.15) is 0 Å². The molecule has 1 N–H and O–H groups in total. The third-order valence-electron chi connectivity index (χ3n) is 2.60. The Morgan fingerprint density at radius 3 is 2.79 bits per heavy atom. The minimum Gasteiger partial charge on any atom is -0.507 e. The van der Waals surface area contributed by atoms with Crippen molar-refractivity contribution in [1.82, 2.24) is 0 Å². The van der Waals surface area contributed by atoms with Crippen LogP contribution in [0.1, 0.15) is 31.2 Å². The standard InChI is InChI=1S/C12H13FO/c13-10-6-7-12(14)11(8-10)9-4-2-1-3-5-9/h4,6-8,14H,1-3,5H2. The van der Waals surface area contributed by atoms with Crippen LogP contribution < -0.4 is 0 Å². The number of phenolic OH excluding ortho intramolecular Hbond substituents is 1. The van der Waals surface area contributed by atoms with Crippen LogP contribution in [0.5, 0.6) is 5.75 Å². The largest absolute Gasteiger partial charge is 0.507 e. The molecule has 1 nitrogen and oxygen atoms in total. The van der Waals surface area contributed by atoms with Gasteiger partial charge in [-0.05, 0) is 49.5 Å². The predicted molar refractivity (Wildman–Crippen MR) is 54.5 cm³/mol. The quantitative estimate of drug-likeness (QED) is 0.722. The van der Waals surface area contributed by atoms with Gasteiger partial charge in [-0.3, -0.25) is 0 Å². The lowest BCUT2D eigenvalue weighted by atomic mass is 9.93. The highest BCUT2D eigenvalue weighted by atomic mass is 19.1. The molecule has 1 aliphatic carbocycles. The van der Waals surface area contributed by atoms with Gasteiger partial charge in [0.05, 0.1) is 0 Å². The van der Waals surface area contributed by atoms with E-state index in [4.69, 9.17) is 0 Å². The first-order chi connectivity index (χ1) is 6.77. The lowest BCUT2D eigenvalue weighted by Crippen LogP contribution is -1.93. The van der Waals surface area contributed by atoms with Gasteiger partial charge in [-0.15, -0.1) is 0 Å². The summed E-state index contributed by atoms with van der Waals surface area (Å²) in [6.07, 6.45) is 6.39. The Kier molecular flexibility index (Phi) is 2.53. The second kappa shape index (κ2) is 3.82. The maximum atomic E-state index is 13.0. The van der Waals surface area contributed by atoms with E-state index in [2.05, 4.69) is 6.08 Å². The van der Waals surface area contributed by atoms with E-state index in [9.17, 15) is 9.50 Å². The molecule has 0 saturated heterocycles. The van der Waals surface area contributed by atoms with Gasteiger partial charge in [0.25, 0.3) is 0 Å². The molecular weight excluding hydrogens is 179 g/mol. The van der Waals surface area contributed by atoms with Gasteiger partial charge in [-0.25, -0.2) is 4.39 Å². The van der Waals surface area contributed by atoms with Crippen LogP contribution in [0.4, 0.5) is 4.39 Å². The minimum atomic E-state index is -0.288. The molecule has 1 aromatic carbocycles. The molecular formula is C12H13FO. The number of allylic oxidation sites excluding steroid dienone is 2. The van der Waals surface area contributed by atoms with Gasteiger partial charge in [0.2, 0.25) is 0 Å². The Bertz CT molecular complexity index is 369. The monoisotopic (exact) mass is 192 g/mol. The van der Waals surface area contributed by atoms with Crippen LogP contribution in [0.3, 0.4) is 0 Å². The highest BCUT2D eigenvalue weighted by Gasteiger charge is 2.10. The van der Waals surface area contributed by atoms with Crippen molar-refractivity contribution in [3.05, 3.63) is 35.7 Å². The molecule has 14 heavy (non-hydrogen) atoms. The average molecular weight is 192 g/mol. The first-order valence-corrected chi connectivity index (χ1v) is 4.95. The summed E-state index contributed by atoms with van der Waals surface area (Å²) in [5, 5.41) is 9.58. The van der Waals surface area contributed by atoms with Crippen LogP contribution >= 0.6 is 0 Å². The first-order valence-electron chi connectivity index (χ1n) is 4.95. The summed E-state index contributed by atoms with van der Waals surface area (Å²) in [6, 6.07) is 4.11. The zero-order valence-corrected chi connectivity index (χ0v) is 7.96. The Labute approximate surface area is 82.9 Å². The van der Waals surface area contributed by atoms with Crippen LogP contribution in [0.15, 0.2) is 24.3 Å². The van der Waals surface area contributed by atoms with Gasteiger partial charge in [0.1, 0.15) is 11.6 Å². The zero-order valence-electron chi connectivity index (χ0n) is 7.96. The van der Waals surface area contributed by atoms with E-state index < -0.39 is 0 Å². The second-order valence-corrected chi connectivity index (χ2v) is 3.64. The van der Waals surface area contributed by atoms with E-state index in [0.717, 1.165) is 24.8 Å². The fourth-order valence-electron chi connectivity index (χ4n) is 1.85. The van der Waals surface area contributed by atoms with Crippen molar-refractivity contribution in [3.8, 4) is 5.75 Å². The molecule has 0 fully saturated rings. The molecule has 0 atom stereocenters. The van der Waals surface area contributed by atoms with E-state index in [1.54, 1.807) is 0 Å². The van der Waals surface area contributed by atoms with Crippen molar-refractivity contribution in [2.75, 3.05) is 0 Å². The smallest absolute Gasteiger partial charge is 0.124 e. The molecule has 0 aromatic heterocycles. The third kappa shape index (κ3) is 1.79. The molecule has 0 bridgehead atoms. The van der Waals surface area contributed by atoms with Gasteiger partial charge in [-0.1, -0.05) is 6.08 Å². The number of hydrogen-bond acceptors (Lipinski definition) is 1. The van der Waals surface area contributed by atoms with Gasteiger partial charge < -0.3 is 5.11 Å². The number of aromatic hydroxyl groups is 1. The number of phenols is 1. The van der Waals surface area contributed by atoms with Crippen molar-refractivity contribution >= 4 is 5.57 Å². The lowest BCUT2D eigenvalue weighted by molar-refractivity contribution is 0.470. The molecule has 1 aromatic rings. The Balaban J connectivity index is 2.39. The molecule has 0 radical (unpaired) electrons. The SMILES string of the molecule is Oc1ccc(F)cc1C1=CCCCC1. The summed E-state index contributed by atoms with van der Waals surface area (Å²) in [5.41, 5.74) is 1.73. The van der Waals surface area contributed by atoms with E-state index in [1.165, 1.54) is 24.6 Å². The van der Waals surface area contributed by atoms with Crippen molar-refractivity contribution in [2.45, 2.75) is 25.7 Å². The molecule has 0 saturated carbocycles. The van der Waals surface area contributed by atoms with Crippen LogP contribution in [-0.2, 0) is 0 Å². The molecule has 0 amide bonds. The predicted octanol–water partition coefficient (Wildman–Crippen LogP) is 3.49. The third-order valence-corrected chi connectivity index (χ3v) is 2.60. The fraction of sp³-hybridized carbons (Fsp3) is 0.333. The number of hydrogen-bond donors (Lipinski definition) is 1. The topological polar surface area (TPSA) is 20.2 Å². The Hall–Kier alpha value is -1.31. The molecule has 0 heterocycles. The van der Waals surface area contributed by atoms with Crippen LogP contribution in [0, 0.1) is 5.82 Å². The van der Waals surface area contributed by atoms with Crippen molar-refractivity contribution in [3.63, 3.8) is 0 Å². The molecule has 0 unspecified atom stereocenters. The number of benzene rings is 1. The number of halogens is 1. The summed E-state index contributed by atoms with van der Waals surface area (Å²) >= 11 is 0. The second-order valence-electron chi connectivity index (χ2n) is 3.64. The van der Waals surface area contributed by atoms with Crippen molar-refractivity contribution in [2.24, 2.45) is 0 Å². The fourth-order valence-corrected chi connectivity index (χ4v) is 1.85. The summed E-state index contributed by atoms with van der Waals surface area (Å²) in [4.78, 5) is 0. The summed E-state index contributed by atoms with van der Waals surface area (Å²) in [7, 11) is 0. The summed E-state index contributed by atoms with van der Waals surface area (Å²) in [5.74, 6) is -0.108. The van der Waals surface area contributed by atoms with E-state index in [1.807, 2.05) is 0 Å². The first kappa shape index (κ1) is 9.25. The molecule has 0 spiro atoms. The average Bonchev–Trinajstić information content (AvgIpc) is 2.23. The molecule has 1 aliphatic rings. The van der Waals surface area contributed by atoms with Crippen molar-refractivity contribution in [1.29, 1.82) is 0 Å². The number of rotatable bonds is 1. The highest BCUT2D eigenvalue weighted by molar-refractivity contribution is 5.70. The van der Waals surface area contributed by atoms with Crippen LogP contribution in [-0.4, -0.2) is 5.11 Å². The molecule has 0 aliphatic heterocycles. The van der Waals surface area contributed by atoms with Crippen LogP contribution in [0.2, 0.25) is 0 Å². The Morgan fingerprint density at radius 1 is 1.21 bits per heavy atom. The van der Waals surface area contributed by atoms with Gasteiger partial charge in [0, 0.05) is 5.56 Å². The van der Waals surface area contributed by atoms with E-state index >= 15 is 0 Å². The lowest BCUT2D eigenvalue weighted by Gasteiger charge is -2.13. The van der Waals surface area contributed by atoms with Crippen LogP contribution in [0.25, 0.3) is 5.57 Å². The van der Waals surface area contributed by atoms with E-state index in [-0.39, 0.29) is 11.6 Å². The summed E-state index contributed by atoms with van der Waals surface area (Å²) < 4.78 is 13.0. The highest BCUT2D eigenvalue weighted by Crippen LogP contribution is 2.32. The molecule has 2 heteroatoms. The molecule has 74 valence electrons. The maximum Gasteiger partial charge on any atom is 0.124 e. The van der Waals surface area contributed by atoms with E-state index in [0.29, 0.717) is 5.56 Å². The Morgan fingerprint density at radius 2 is 2.07 bits per heavy atom. The van der Waals surface area contributed by atoms with Crippen molar-refractivity contribution < 1.29 is 9.50 Å². The van der Waals surface area contributed by atoms with Gasteiger partial charge in [0.15, 0.2) is 0 Å². The van der Waals surface area contributed by atoms with Gasteiger partial charge >= 0.3 is 0 Å². The summed E-state index contributed by atoms with van der Waals surface area (Å²) in [6.45, 7) is 0. The minimum absolute atomic E-state index is 0.180.